The predicted octanol–water partition coefficient (Wildman–Crippen LogP) is 4.35. The fraction of sp³-hybridized carbons (Fsp3) is 0.696. The number of carbonyl (C=O) groups excluding carboxylic acids is 1. The first-order chi connectivity index (χ1) is 13.7. The molecule has 1 heterocycles. The summed E-state index contributed by atoms with van der Waals surface area (Å²) in [6.45, 7) is 9.08. The number of carbonyl (C=O) groups is 1. The smallest absolute Gasteiger partial charge is 0.325 e. The monoisotopic (exact) mass is 470 g/mol. The van der Waals surface area contributed by atoms with E-state index in [1.54, 1.807) is 6.92 Å². The number of benzene rings is 1. The van der Waals surface area contributed by atoms with Crippen molar-refractivity contribution in [3.63, 3.8) is 0 Å². The molecule has 0 spiro atoms. The minimum Gasteiger partial charge on any atom is -0.468 e. The van der Waals surface area contributed by atoms with E-state index in [4.69, 9.17) is 14.2 Å². The fourth-order valence-corrected chi connectivity index (χ4v) is 4.67. The molecule has 164 valence electrons. The number of aliphatic hydroxyl groups is 1. The van der Waals surface area contributed by atoms with Crippen LogP contribution in [0.2, 0.25) is 0 Å². The van der Waals surface area contributed by atoms with Crippen LogP contribution in [0.3, 0.4) is 0 Å². The second-order valence-electron chi connectivity index (χ2n) is 8.54. The van der Waals surface area contributed by atoms with Gasteiger partial charge in [-0.25, -0.2) is 0 Å². The van der Waals surface area contributed by atoms with Crippen molar-refractivity contribution in [1.29, 1.82) is 0 Å². The van der Waals surface area contributed by atoms with E-state index in [0.29, 0.717) is 19.1 Å². The zero-order valence-electron chi connectivity index (χ0n) is 18.1. The molecule has 1 aromatic rings. The van der Waals surface area contributed by atoms with Gasteiger partial charge >= 0.3 is 5.97 Å². The molecule has 0 aromatic heterocycles. The van der Waals surface area contributed by atoms with Gasteiger partial charge in [-0.1, -0.05) is 67.0 Å². The number of esters is 1. The van der Waals surface area contributed by atoms with Crippen LogP contribution in [-0.2, 0) is 25.6 Å². The molecule has 1 aromatic carbocycles. The molecular formula is C23H35BrO5. The van der Waals surface area contributed by atoms with Gasteiger partial charge in [-0.15, -0.1) is 0 Å². The largest absolute Gasteiger partial charge is 0.468 e. The number of hydrogen-bond donors (Lipinski definition) is 1. The number of alkyl halides is 1. The molecule has 1 aliphatic rings. The summed E-state index contributed by atoms with van der Waals surface area (Å²) in [4.78, 5) is 12.1. The molecule has 0 radical (unpaired) electrons. The lowest BCUT2D eigenvalue weighted by atomic mass is 9.79. The third-order valence-corrected chi connectivity index (χ3v) is 6.88. The van der Waals surface area contributed by atoms with Gasteiger partial charge in [-0.05, 0) is 31.2 Å². The van der Waals surface area contributed by atoms with Gasteiger partial charge in [0.2, 0.25) is 0 Å². The summed E-state index contributed by atoms with van der Waals surface area (Å²) in [7, 11) is 1.33. The van der Waals surface area contributed by atoms with Gasteiger partial charge in [0.1, 0.15) is 4.32 Å². The van der Waals surface area contributed by atoms with Gasteiger partial charge in [0.25, 0.3) is 0 Å². The van der Waals surface area contributed by atoms with E-state index in [-0.39, 0.29) is 24.0 Å². The van der Waals surface area contributed by atoms with Crippen molar-refractivity contribution in [2.24, 2.45) is 17.8 Å². The maximum atomic E-state index is 12.1. The van der Waals surface area contributed by atoms with E-state index in [1.807, 2.05) is 25.1 Å². The second kappa shape index (κ2) is 10.9. The molecular weight excluding hydrogens is 436 g/mol. The van der Waals surface area contributed by atoms with Gasteiger partial charge in [0.15, 0.2) is 0 Å². The summed E-state index contributed by atoms with van der Waals surface area (Å²) >= 11 is 3.36. The third-order valence-electron chi connectivity index (χ3n) is 6.08. The van der Waals surface area contributed by atoms with Crippen LogP contribution in [0.15, 0.2) is 30.3 Å². The van der Waals surface area contributed by atoms with Gasteiger partial charge < -0.3 is 19.3 Å². The van der Waals surface area contributed by atoms with Crippen LogP contribution in [0, 0.1) is 17.8 Å². The highest BCUT2D eigenvalue weighted by Crippen LogP contribution is 2.38. The lowest BCUT2D eigenvalue weighted by molar-refractivity contribution is -0.160. The van der Waals surface area contributed by atoms with Crippen LogP contribution < -0.4 is 0 Å². The van der Waals surface area contributed by atoms with E-state index in [2.05, 4.69) is 41.9 Å². The minimum atomic E-state index is -1.17. The highest BCUT2D eigenvalue weighted by atomic mass is 79.9. The quantitative estimate of drug-likeness (QED) is 0.429. The summed E-state index contributed by atoms with van der Waals surface area (Å²) in [5.41, 5.74) is 1.16. The predicted molar refractivity (Wildman–Crippen MR) is 117 cm³/mol. The fourth-order valence-electron chi connectivity index (χ4n) is 4.09. The molecule has 1 unspecified atom stereocenters. The van der Waals surface area contributed by atoms with Crippen LogP contribution in [0.4, 0.5) is 0 Å². The van der Waals surface area contributed by atoms with E-state index >= 15 is 0 Å². The number of hydrogen-bond acceptors (Lipinski definition) is 5. The first-order valence-electron chi connectivity index (χ1n) is 10.4. The Bertz CT molecular complexity index is 635. The molecule has 0 amide bonds. The maximum absolute atomic E-state index is 12.1. The van der Waals surface area contributed by atoms with Gasteiger partial charge in [0.05, 0.1) is 38.6 Å². The number of aliphatic hydroxyl groups excluding tert-OH is 1. The number of rotatable bonds is 9. The SMILES string of the molecule is COC(=O)C(C)(Br)[C@@H](O)[C@H](C)[C@H]1O[C@H]([C@H](C)COCc2ccccc2)CC[C@@H]1C. The number of methoxy groups -OCH3 is 1. The molecule has 29 heavy (non-hydrogen) atoms. The Morgan fingerprint density at radius 3 is 2.59 bits per heavy atom. The Morgan fingerprint density at radius 1 is 1.31 bits per heavy atom. The molecule has 0 aliphatic carbocycles. The van der Waals surface area contributed by atoms with E-state index < -0.39 is 16.4 Å². The first-order valence-corrected chi connectivity index (χ1v) is 11.2. The lowest BCUT2D eigenvalue weighted by Crippen LogP contribution is -2.52. The molecule has 0 saturated carbocycles. The Balaban J connectivity index is 1.93. The van der Waals surface area contributed by atoms with Crippen molar-refractivity contribution < 1.29 is 24.1 Å². The normalized spacial score (nSPS) is 27.5. The van der Waals surface area contributed by atoms with Gasteiger partial charge in [-0.2, -0.15) is 0 Å². The zero-order valence-corrected chi connectivity index (χ0v) is 19.7. The molecule has 1 fully saturated rings. The van der Waals surface area contributed by atoms with Crippen molar-refractivity contribution in [2.45, 2.75) is 69.8 Å². The standard InChI is InChI=1S/C23H35BrO5/c1-15-11-12-19(16(2)13-28-14-18-9-7-6-8-10-18)29-20(15)17(3)21(25)23(4,24)22(26)27-5/h6-10,15-17,19-21,25H,11-14H2,1-5H3/t15-,16+,17+,19-,20-,21-,23?/m0/s1. The summed E-state index contributed by atoms with van der Waals surface area (Å²) in [6.07, 6.45) is 1.000. The van der Waals surface area contributed by atoms with Crippen LogP contribution in [-0.4, -0.2) is 47.4 Å². The number of halogens is 1. The highest BCUT2D eigenvalue weighted by molar-refractivity contribution is 9.10. The summed E-state index contributed by atoms with van der Waals surface area (Å²) in [6, 6.07) is 10.1. The Morgan fingerprint density at radius 2 is 1.97 bits per heavy atom. The Kier molecular flexibility index (Phi) is 9.14. The van der Waals surface area contributed by atoms with E-state index in [9.17, 15) is 9.90 Å². The average molecular weight is 471 g/mol. The van der Waals surface area contributed by atoms with Crippen LogP contribution in [0.25, 0.3) is 0 Å². The van der Waals surface area contributed by atoms with Gasteiger partial charge in [0, 0.05) is 11.8 Å². The first kappa shape index (κ1) is 24.3. The van der Waals surface area contributed by atoms with E-state index in [0.717, 1.165) is 18.4 Å². The van der Waals surface area contributed by atoms with Crippen LogP contribution >= 0.6 is 15.9 Å². The third kappa shape index (κ3) is 6.27. The van der Waals surface area contributed by atoms with Gasteiger partial charge in [-0.3, -0.25) is 4.79 Å². The highest BCUT2D eigenvalue weighted by Gasteiger charge is 2.46. The summed E-state index contributed by atoms with van der Waals surface area (Å²) in [5.74, 6) is -0.170. The molecule has 5 nitrogen and oxygen atoms in total. The van der Waals surface area contributed by atoms with Crippen LogP contribution in [0.1, 0.15) is 46.1 Å². The Hall–Kier alpha value is -0.950. The van der Waals surface area contributed by atoms with Crippen molar-refractivity contribution in [3.8, 4) is 0 Å². The molecule has 1 saturated heterocycles. The topological polar surface area (TPSA) is 65.0 Å². The summed E-state index contributed by atoms with van der Waals surface area (Å²) < 4.78 is 16.0. The molecule has 1 aliphatic heterocycles. The summed E-state index contributed by atoms with van der Waals surface area (Å²) in [5, 5.41) is 10.9. The van der Waals surface area contributed by atoms with Crippen molar-refractivity contribution in [3.05, 3.63) is 35.9 Å². The molecule has 1 N–H and O–H groups in total. The maximum Gasteiger partial charge on any atom is 0.325 e. The van der Waals surface area contributed by atoms with Crippen LogP contribution in [0.5, 0.6) is 0 Å². The second-order valence-corrected chi connectivity index (χ2v) is 10.2. The number of ether oxygens (including phenoxy) is 3. The zero-order chi connectivity index (χ0) is 21.6. The molecule has 6 heteroatoms. The lowest BCUT2D eigenvalue weighted by Gasteiger charge is -2.43. The molecule has 7 atom stereocenters. The van der Waals surface area contributed by atoms with Crippen molar-refractivity contribution >= 4 is 21.9 Å². The minimum absolute atomic E-state index is 0.0707. The van der Waals surface area contributed by atoms with Crippen molar-refractivity contribution in [2.75, 3.05) is 13.7 Å². The Labute approximate surface area is 183 Å². The van der Waals surface area contributed by atoms with E-state index in [1.165, 1.54) is 7.11 Å². The average Bonchev–Trinajstić information content (AvgIpc) is 2.72. The molecule has 0 bridgehead atoms. The van der Waals surface area contributed by atoms with Crippen molar-refractivity contribution in [1.82, 2.24) is 0 Å². The molecule has 2 rings (SSSR count).